The lowest BCUT2D eigenvalue weighted by Gasteiger charge is -2.38. The Kier molecular flexibility index (Phi) is 4.82. The van der Waals surface area contributed by atoms with Gasteiger partial charge in [-0.1, -0.05) is 54.6 Å². The summed E-state index contributed by atoms with van der Waals surface area (Å²) in [6.45, 7) is 0.788. The summed E-state index contributed by atoms with van der Waals surface area (Å²) < 4.78 is 0. The van der Waals surface area contributed by atoms with Gasteiger partial charge in [0, 0.05) is 24.9 Å². The monoisotopic (exact) mass is 345 g/mol. The number of carbonyl (C=O) groups is 1. The van der Waals surface area contributed by atoms with Crippen molar-refractivity contribution >= 4 is 5.91 Å². The van der Waals surface area contributed by atoms with E-state index in [2.05, 4.69) is 63.4 Å². The van der Waals surface area contributed by atoms with Crippen LogP contribution in [-0.4, -0.2) is 27.3 Å². The van der Waals surface area contributed by atoms with E-state index in [1.165, 1.54) is 16.7 Å². The quantitative estimate of drug-likeness (QED) is 0.766. The molecule has 0 aliphatic carbocycles. The van der Waals surface area contributed by atoms with E-state index in [4.69, 9.17) is 0 Å². The molecule has 1 amide bonds. The maximum Gasteiger partial charge on any atom is 0.223 e. The summed E-state index contributed by atoms with van der Waals surface area (Å²) >= 11 is 0. The third kappa shape index (κ3) is 3.54. The summed E-state index contributed by atoms with van der Waals surface area (Å²) in [6.07, 6.45) is 6.45. The highest BCUT2D eigenvalue weighted by Crippen LogP contribution is 2.33. The number of aryl methyl sites for hydroxylation is 1. The maximum atomic E-state index is 13.0. The molecule has 2 aromatic carbocycles. The molecule has 0 spiro atoms. The third-order valence-electron chi connectivity index (χ3n) is 5.17. The molecule has 1 aliphatic rings. The molecule has 0 saturated heterocycles. The molecule has 1 aliphatic heterocycles. The van der Waals surface area contributed by atoms with Crippen LogP contribution in [0.1, 0.15) is 34.8 Å². The van der Waals surface area contributed by atoms with E-state index in [-0.39, 0.29) is 11.9 Å². The Morgan fingerprint density at radius 2 is 1.92 bits per heavy atom. The zero-order valence-corrected chi connectivity index (χ0v) is 14.8. The van der Waals surface area contributed by atoms with Crippen molar-refractivity contribution < 1.29 is 4.79 Å². The highest BCUT2D eigenvalue weighted by atomic mass is 16.2. The standard InChI is InChI=1S/C22H23N3O/c26-22(11-10-19-15-23-16-24-19)25-13-12-18-8-4-5-9-20(18)21(25)14-17-6-2-1-3-7-17/h1-9,15-16,21H,10-14H2,(H,23,24)/t21-/m1/s1. The second-order valence-electron chi connectivity index (χ2n) is 6.82. The van der Waals surface area contributed by atoms with Crippen LogP contribution in [0.15, 0.2) is 67.1 Å². The van der Waals surface area contributed by atoms with Gasteiger partial charge in [0.05, 0.1) is 12.4 Å². The number of amides is 1. The van der Waals surface area contributed by atoms with E-state index in [0.717, 1.165) is 25.1 Å². The second-order valence-corrected chi connectivity index (χ2v) is 6.82. The van der Waals surface area contributed by atoms with Gasteiger partial charge in [0.1, 0.15) is 0 Å². The largest absolute Gasteiger partial charge is 0.348 e. The number of fused-ring (bicyclic) bond motifs is 1. The zero-order valence-electron chi connectivity index (χ0n) is 14.8. The number of hydrogen-bond acceptors (Lipinski definition) is 2. The van der Waals surface area contributed by atoms with Gasteiger partial charge in [-0.05, 0) is 36.0 Å². The zero-order chi connectivity index (χ0) is 17.8. The molecule has 0 bridgehead atoms. The molecule has 3 aromatic rings. The number of aromatic amines is 1. The van der Waals surface area contributed by atoms with Crippen molar-refractivity contribution in [2.24, 2.45) is 0 Å². The van der Waals surface area contributed by atoms with Crippen molar-refractivity contribution in [3.05, 3.63) is 89.5 Å². The number of aromatic nitrogens is 2. The van der Waals surface area contributed by atoms with Gasteiger partial charge in [-0.3, -0.25) is 4.79 Å². The third-order valence-corrected chi connectivity index (χ3v) is 5.17. The van der Waals surface area contributed by atoms with Crippen molar-refractivity contribution in [2.75, 3.05) is 6.54 Å². The number of imidazole rings is 1. The summed E-state index contributed by atoms with van der Waals surface area (Å²) in [5.74, 6) is 0.218. The molecule has 0 unspecified atom stereocenters. The van der Waals surface area contributed by atoms with Crippen LogP contribution in [0.3, 0.4) is 0 Å². The van der Waals surface area contributed by atoms with Crippen LogP contribution in [0, 0.1) is 0 Å². The first-order chi connectivity index (χ1) is 12.8. The Morgan fingerprint density at radius 3 is 2.73 bits per heavy atom. The van der Waals surface area contributed by atoms with Gasteiger partial charge in [-0.2, -0.15) is 0 Å². The molecular weight excluding hydrogens is 322 g/mol. The molecule has 4 rings (SSSR count). The molecule has 0 fully saturated rings. The minimum atomic E-state index is 0.108. The molecule has 26 heavy (non-hydrogen) atoms. The van der Waals surface area contributed by atoms with Crippen LogP contribution < -0.4 is 0 Å². The normalized spacial score (nSPS) is 16.3. The van der Waals surface area contributed by atoms with Crippen LogP contribution in [0.25, 0.3) is 0 Å². The smallest absolute Gasteiger partial charge is 0.223 e. The van der Waals surface area contributed by atoms with Gasteiger partial charge in [-0.25, -0.2) is 4.98 Å². The Balaban J connectivity index is 1.56. The first kappa shape index (κ1) is 16.6. The number of benzene rings is 2. The van der Waals surface area contributed by atoms with Crippen molar-refractivity contribution in [3.63, 3.8) is 0 Å². The first-order valence-electron chi connectivity index (χ1n) is 9.20. The Bertz CT molecular complexity index is 858. The van der Waals surface area contributed by atoms with Gasteiger partial charge < -0.3 is 9.88 Å². The van der Waals surface area contributed by atoms with Crippen LogP contribution in [0.4, 0.5) is 0 Å². The Hall–Kier alpha value is -2.88. The molecule has 1 aromatic heterocycles. The van der Waals surface area contributed by atoms with Gasteiger partial charge in [0.25, 0.3) is 0 Å². The Labute approximate surface area is 153 Å². The first-order valence-corrected chi connectivity index (χ1v) is 9.20. The average molecular weight is 345 g/mol. The van der Waals surface area contributed by atoms with E-state index in [0.29, 0.717) is 12.8 Å². The predicted octanol–water partition coefficient (Wildman–Crippen LogP) is 3.71. The van der Waals surface area contributed by atoms with E-state index < -0.39 is 0 Å². The fraction of sp³-hybridized carbons (Fsp3) is 0.273. The molecule has 0 saturated carbocycles. The number of carbonyl (C=O) groups excluding carboxylic acids is 1. The van der Waals surface area contributed by atoms with Crippen molar-refractivity contribution in [1.82, 2.24) is 14.9 Å². The topological polar surface area (TPSA) is 49.0 Å². The second kappa shape index (κ2) is 7.56. The number of hydrogen-bond donors (Lipinski definition) is 1. The minimum absolute atomic E-state index is 0.108. The van der Waals surface area contributed by atoms with Crippen LogP contribution in [0.2, 0.25) is 0 Å². The molecule has 2 heterocycles. The highest BCUT2D eigenvalue weighted by Gasteiger charge is 2.30. The van der Waals surface area contributed by atoms with Crippen LogP contribution in [-0.2, 0) is 24.1 Å². The molecule has 4 nitrogen and oxygen atoms in total. The predicted molar refractivity (Wildman–Crippen MR) is 102 cm³/mol. The summed E-state index contributed by atoms with van der Waals surface area (Å²) in [4.78, 5) is 22.2. The van der Waals surface area contributed by atoms with E-state index in [9.17, 15) is 4.79 Å². The SMILES string of the molecule is O=C(CCc1cnc[nH]1)N1CCc2ccccc2[C@H]1Cc1ccccc1. The van der Waals surface area contributed by atoms with E-state index in [1.54, 1.807) is 12.5 Å². The van der Waals surface area contributed by atoms with E-state index in [1.807, 2.05) is 6.07 Å². The lowest BCUT2D eigenvalue weighted by Crippen LogP contribution is -2.41. The van der Waals surface area contributed by atoms with E-state index >= 15 is 0 Å². The van der Waals surface area contributed by atoms with Gasteiger partial charge in [-0.15, -0.1) is 0 Å². The highest BCUT2D eigenvalue weighted by molar-refractivity contribution is 5.77. The van der Waals surface area contributed by atoms with Gasteiger partial charge >= 0.3 is 0 Å². The lowest BCUT2D eigenvalue weighted by molar-refractivity contribution is -0.134. The summed E-state index contributed by atoms with van der Waals surface area (Å²) in [7, 11) is 0. The lowest BCUT2D eigenvalue weighted by atomic mass is 9.88. The number of rotatable bonds is 5. The molecular formula is C22H23N3O. The van der Waals surface area contributed by atoms with Gasteiger partial charge in [0.15, 0.2) is 0 Å². The van der Waals surface area contributed by atoms with Crippen molar-refractivity contribution in [1.29, 1.82) is 0 Å². The van der Waals surface area contributed by atoms with Crippen molar-refractivity contribution in [2.45, 2.75) is 31.7 Å². The molecule has 1 N–H and O–H groups in total. The summed E-state index contributed by atoms with van der Waals surface area (Å²) in [5.41, 5.74) is 4.93. The Morgan fingerprint density at radius 1 is 1.12 bits per heavy atom. The number of nitrogens with zero attached hydrogens (tertiary/aromatic N) is 2. The average Bonchev–Trinajstić information content (AvgIpc) is 3.21. The van der Waals surface area contributed by atoms with Gasteiger partial charge in [0.2, 0.25) is 5.91 Å². The fourth-order valence-electron chi connectivity index (χ4n) is 3.81. The van der Waals surface area contributed by atoms with Crippen molar-refractivity contribution in [3.8, 4) is 0 Å². The maximum absolute atomic E-state index is 13.0. The molecule has 4 heteroatoms. The van der Waals surface area contributed by atoms with Crippen LogP contribution >= 0.6 is 0 Å². The summed E-state index contributed by atoms with van der Waals surface area (Å²) in [5, 5.41) is 0. The number of H-pyrrole nitrogens is 1. The molecule has 132 valence electrons. The van der Waals surface area contributed by atoms with Crippen LogP contribution in [0.5, 0.6) is 0 Å². The molecule has 1 atom stereocenters. The summed E-state index contributed by atoms with van der Waals surface area (Å²) in [6, 6.07) is 19.1. The molecule has 0 radical (unpaired) electrons. The number of nitrogens with one attached hydrogen (secondary N) is 1. The fourth-order valence-corrected chi connectivity index (χ4v) is 3.81. The minimum Gasteiger partial charge on any atom is -0.348 e.